The molecular formula is C14H22ClN3O4S2. The van der Waals surface area contributed by atoms with E-state index < -0.39 is 20.0 Å². The summed E-state index contributed by atoms with van der Waals surface area (Å²) in [6.07, 6.45) is 1.86. The Morgan fingerprint density at radius 1 is 1.08 bits per heavy atom. The standard InChI is InChI=1S/C14H21N3O4S2.ClH/c1-15-22(18,19)12-2-4-13(5-3-12)23(20,21)17-9-7-14(11-17)6-8-16-10-14;/h2-5,15-16H,6-11H2,1H3;1H. The van der Waals surface area contributed by atoms with Crippen LogP contribution in [0.3, 0.4) is 0 Å². The Balaban J connectivity index is 0.00000208. The molecule has 1 aromatic carbocycles. The topological polar surface area (TPSA) is 95.6 Å². The first-order valence-corrected chi connectivity index (χ1v) is 10.5. The van der Waals surface area contributed by atoms with Gasteiger partial charge in [0.25, 0.3) is 0 Å². The molecule has 0 aromatic heterocycles. The molecule has 7 nitrogen and oxygen atoms in total. The summed E-state index contributed by atoms with van der Waals surface area (Å²) in [5.74, 6) is 0. The van der Waals surface area contributed by atoms with Gasteiger partial charge < -0.3 is 5.32 Å². The predicted molar refractivity (Wildman–Crippen MR) is 93.2 cm³/mol. The number of rotatable bonds is 4. The number of sulfonamides is 2. The van der Waals surface area contributed by atoms with Gasteiger partial charge in [0.1, 0.15) is 0 Å². The van der Waals surface area contributed by atoms with Crippen LogP contribution in [-0.2, 0) is 20.0 Å². The van der Waals surface area contributed by atoms with Crippen LogP contribution in [0.5, 0.6) is 0 Å². The number of hydrogen-bond donors (Lipinski definition) is 2. The predicted octanol–water partition coefficient (Wildman–Crippen LogP) is 0.391. The summed E-state index contributed by atoms with van der Waals surface area (Å²) in [5, 5.41) is 3.30. The highest BCUT2D eigenvalue weighted by Crippen LogP contribution is 2.38. The molecule has 3 rings (SSSR count). The minimum absolute atomic E-state index is 0. The van der Waals surface area contributed by atoms with Gasteiger partial charge in [0, 0.05) is 19.6 Å². The van der Waals surface area contributed by atoms with Crippen molar-refractivity contribution in [2.24, 2.45) is 5.41 Å². The lowest BCUT2D eigenvalue weighted by molar-refractivity contribution is 0.338. The molecule has 2 aliphatic heterocycles. The molecule has 2 aliphatic rings. The molecule has 10 heteroatoms. The molecule has 0 aliphatic carbocycles. The summed E-state index contributed by atoms with van der Waals surface area (Å²) in [6.45, 7) is 2.84. The molecule has 2 N–H and O–H groups in total. The average Bonchev–Trinajstić information content (AvgIpc) is 3.18. The van der Waals surface area contributed by atoms with Crippen molar-refractivity contribution in [2.45, 2.75) is 22.6 Å². The number of benzene rings is 1. The van der Waals surface area contributed by atoms with Crippen molar-refractivity contribution >= 4 is 32.5 Å². The molecule has 2 saturated heterocycles. The van der Waals surface area contributed by atoms with E-state index in [1.54, 1.807) is 0 Å². The first kappa shape index (κ1) is 19.6. The summed E-state index contributed by atoms with van der Waals surface area (Å²) in [5.41, 5.74) is 0.0580. The third-order valence-electron chi connectivity index (χ3n) is 4.78. The minimum atomic E-state index is -3.58. The number of hydrogen-bond acceptors (Lipinski definition) is 5. The van der Waals surface area contributed by atoms with E-state index in [0.717, 1.165) is 25.9 Å². The zero-order chi connectivity index (χ0) is 16.7. The third-order valence-corrected chi connectivity index (χ3v) is 8.07. The maximum Gasteiger partial charge on any atom is 0.243 e. The molecule has 24 heavy (non-hydrogen) atoms. The molecule has 2 heterocycles. The molecule has 0 bridgehead atoms. The van der Waals surface area contributed by atoms with Gasteiger partial charge in [-0.05, 0) is 56.1 Å². The molecule has 1 atom stereocenters. The lowest BCUT2D eigenvalue weighted by Crippen LogP contribution is -2.33. The van der Waals surface area contributed by atoms with Gasteiger partial charge in [-0.25, -0.2) is 21.6 Å². The Labute approximate surface area is 149 Å². The molecule has 2 fully saturated rings. The van der Waals surface area contributed by atoms with Crippen molar-refractivity contribution in [3.63, 3.8) is 0 Å². The van der Waals surface area contributed by atoms with E-state index in [0.29, 0.717) is 13.1 Å². The number of nitrogens with zero attached hydrogens (tertiary/aromatic N) is 1. The largest absolute Gasteiger partial charge is 0.316 e. The highest BCUT2D eigenvalue weighted by Gasteiger charge is 2.44. The van der Waals surface area contributed by atoms with E-state index in [1.165, 1.54) is 35.6 Å². The van der Waals surface area contributed by atoms with E-state index >= 15 is 0 Å². The van der Waals surface area contributed by atoms with E-state index in [4.69, 9.17) is 0 Å². The van der Waals surface area contributed by atoms with Crippen LogP contribution in [0.15, 0.2) is 34.1 Å². The fraction of sp³-hybridized carbons (Fsp3) is 0.571. The second-order valence-electron chi connectivity index (χ2n) is 6.19. The lowest BCUT2D eigenvalue weighted by Gasteiger charge is -2.22. The second-order valence-corrected chi connectivity index (χ2v) is 10.0. The molecule has 0 radical (unpaired) electrons. The maximum atomic E-state index is 12.7. The highest BCUT2D eigenvalue weighted by molar-refractivity contribution is 7.89. The van der Waals surface area contributed by atoms with Crippen LogP contribution in [0.4, 0.5) is 0 Å². The molecule has 0 amide bonds. The highest BCUT2D eigenvalue weighted by atomic mass is 35.5. The van der Waals surface area contributed by atoms with Crippen LogP contribution in [0, 0.1) is 5.41 Å². The monoisotopic (exact) mass is 395 g/mol. The van der Waals surface area contributed by atoms with Crippen molar-refractivity contribution in [1.82, 2.24) is 14.3 Å². The average molecular weight is 396 g/mol. The van der Waals surface area contributed by atoms with Gasteiger partial charge in [0.2, 0.25) is 20.0 Å². The first-order chi connectivity index (χ1) is 10.8. The molecule has 136 valence electrons. The van der Waals surface area contributed by atoms with Gasteiger partial charge in [-0.15, -0.1) is 12.4 Å². The van der Waals surface area contributed by atoms with E-state index in [-0.39, 0.29) is 27.6 Å². The van der Waals surface area contributed by atoms with E-state index in [1.807, 2.05) is 0 Å². The smallest absolute Gasteiger partial charge is 0.243 e. The molecule has 1 spiro atoms. The normalized spacial score (nSPS) is 25.0. The van der Waals surface area contributed by atoms with Crippen LogP contribution < -0.4 is 10.0 Å². The summed E-state index contributed by atoms with van der Waals surface area (Å²) >= 11 is 0. The van der Waals surface area contributed by atoms with Crippen molar-refractivity contribution in [1.29, 1.82) is 0 Å². The Bertz CT molecular complexity index is 788. The zero-order valence-electron chi connectivity index (χ0n) is 13.4. The van der Waals surface area contributed by atoms with Crippen LogP contribution >= 0.6 is 12.4 Å². The summed E-state index contributed by atoms with van der Waals surface area (Å²) in [6, 6.07) is 5.36. The van der Waals surface area contributed by atoms with Crippen LogP contribution in [-0.4, -0.2) is 54.4 Å². The van der Waals surface area contributed by atoms with Crippen LogP contribution in [0.2, 0.25) is 0 Å². The Hall–Kier alpha value is -0.710. The van der Waals surface area contributed by atoms with Gasteiger partial charge >= 0.3 is 0 Å². The second kappa shape index (κ2) is 6.89. The quantitative estimate of drug-likeness (QED) is 0.768. The van der Waals surface area contributed by atoms with E-state index in [2.05, 4.69) is 10.0 Å². The number of halogens is 1. The van der Waals surface area contributed by atoms with Crippen molar-refractivity contribution in [3.8, 4) is 0 Å². The maximum absolute atomic E-state index is 12.7. The third kappa shape index (κ3) is 3.47. The van der Waals surface area contributed by atoms with Gasteiger partial charge in [-0.1, -0.05) is 0 Å². The summed E-state index contributed by atoms with van der Waals surface area (Å²) in [7, 11) is -5.83. The van der Waals surface area contributed by atoms with Crippen molar-refractivity contribution < 1.29 is 16.8 Å². The van der Waals surface area contributed by atoms with Crippen molar-refractivity contribution in [2.75, 3.05) is 33.2 Å². The van der Waals surface area contributed by atoms with Crippen LogP contribution in [0.1, 0.15) is 12.8 Å². The lowest BCUT2D eigenvalue weighted by atomic mass is 9.87. The first-order valence-electron chi connectivity index (χ1n) is 7.54. The fourth-order valence-electron chi connectivity index (χ4n) is 3.30. The summed E-state index contributed by atoms with van der Waals surface area (Å²) in [4.78, 5) is 0.187. The fourth-order valence-corrected chi connectivity index (χ4v) is 5.58. The molecular weight excluding hydrogens is 374 g/mol. The Morgan fingerprint density at radius 3 is 2.25 bits per heavy atom. The van der Waals surface area contributed by atoms with Gasteiger partial charge in [-0.3, -0.25) is 0 Å². The van der Waals surface area contributed by atoms with Gasteiger partial charge in [0.05, 0.1) is 9.79 Å². The molecule has 1 aromatic rings. The Morgan fingerprint density at radius 2 is 1.71 bits per heavy atom. The zero-order valence-corrected chi connectivity index (χ0v) is 15.8. The summed E-state index contributed by atoms with van der Waals surface area (Å²) < 4.78 is 52.6. The minimum Gasteiger partial charge on any atom is -0.316 e. The van der Waals surface area contributed by atoms with Gasteiger partial charge in [0.15, 0.2) is 0 Å². The van der Waals surface area contributed by atoms with Crippen molar-refractivity contribution in [3.05, 3.63) is 24.3 Å². The van der Waals surface area contributed by atoms with Gasteiger partial charge in [-0.2, -0.15) is 4.31 Å². The van der Waals surface area contributed by atoms with E-state index in [9.17, 15) is 16.8 Å². The molecule has 0 saturated carbocycles. The SMILES string of the molecule is CNS(=O)(=O)c1ccc(S(=O)(=O)N2CCC3(CCNC3)C2)cc1.Cl. The Kier molecular flexibility index (Phi) is 5.63. The van der Waals surface area contributed by atoms with Crippen LogP contribution in [0.25, 0.3) is 0 Å². The number of nitrogens with one attached hydrogen (secondary N) is 2. The molecule has 1 unspecified atom stereocenters.